The van der Waals surface area contributed by atoms with Crippen molar-refractivity contribution in [2.24, 2.45) is 0 Å². The highest BCUT2D eigenvalue weighted by Crippen LogP contribution is 2.19. The van der Waals surface area contributed by atoms with E-state index in [1.54, 1.807) is 7.11 Å². The second-order valence-corrected chi connectivity index (χ2v) is 3.03. The molecule has 0 aliphatic carbocycles. The van der Waals surface area contributed by atoms with Crippen molar-refractivity contribution in [3.05, 3.63) is 36.4 Å². The van der Waals surface area contributed by atoms with Crippen molar-refractivity contribution in [2.45, 2.75) is 0 Å². The predicted molar refractivity (Wildman–Crippen MR) is 55.8 cm³/mol. The van der Waals surface area contributed by atoms with Crippen molar-refractivity contribution >= 4 is 21.5 Å². The van der Waals surface area contributed by atoms with E-state index in [0.29, 0.717) is 0 Å². The van der Waals surface area contributed by atoms with Gasteiger partial charge >= 0.3 is 0 Å². The van der Waals surface area contributed by atoms with Crippen molar-refractivity contribution in [2.75, 3.05) is 12.4 Å². The average Bonchev–Trinajstić information content (AvgIpc) is 2.17. The maximum absolute atomic E-state index is 5.09. The number of allylic oxidation sites excluding steroid dienone is 1. The summed E-state index contributed by atoms with van der Waals surface area (Å²) >= 11 is 3.36. The van der Waals surface area contributed by atoms with Gasteiger partial charge in [-0.25, -0.2) is 0 Å². The van der Waals surface area contributed by atoms with E-state index >= 15 is 0 Å². The second-order valence-electron chi connectivity index (χ2n) is 2.47. The summed E-state index contributed by atoms with van der Waals surface area (Å²) in [5.74, 6) is 0.870. The zero-order chi connectivity index (χ0) is 8.97. The number of hydrogen-bond acceptors (Lipinski definition) is 1. The molecule has 1 nitrogen and oxygen atoms in total. The maximum Gasteiger partial charge on any atom is 0.119 e. The summed E-state index contributed by atoms with van der Waals surface area (Å²) in [5.41, 5.74) is 2.18. The molecule has 0 aliphatic heterocycles. The van der Waals surface area contributed by atoms with Crippen molar-refractivity contribution in [1.29, 1.82) is 0 Å². The Bertz CT molecular complexity index is 281. The lowest BCUT2D eigenvalue weighted by Gasteiger charge is -2.04. The van der Waals surface area contributed by atoms with E-state index in [-0.39, 0.29) is 0 Å². The Morgan fingerprint density at radius 3 is 2.92 bits per heavy atom. The Morgan fingerprint density at radius 1 is 1.58 bits per heavy atom. The van der Waals surface area contributed by atoms with E-state index in [0.717, 1.165) is 22.2 Å². The van der Waals surface area contributed by atoms with Crippen LogP contribution in [0.15, 0.2) is 30.8 Å². The van der Waals surface area contributed by atoms with Crippen LogP contribution in [0.5, 0.6) is 5.75 Å². The van der Waals surface area contributed by atoms with Crippen LogP contribution in [0.4, 0.5) is 0 Å². The summed E-state index contributed by atoms with van der Waals surface area (Å²) in [7, 11) is 1.66. The van der Waals surface area contributed by atoms with Gasteiger partial charge in [0, 0.05) is 5.33 Å². The van der Waals surface area contributed by atoms with Gasteiger partial charge in [-0.2, -0.15) is 0 Å². The van der Waals surface area contributed by atoms with Crippen molar-refractivity contribution in [3.63, 3.8) is 0 Å². The average molecular weight is 227 g/mol. The molecule has 0 saturated carbocycles. The fourth-order valence-corrected chi connectivity index (χ4v) is 1.24. The van der Waals surface area contributed by atoms with Crippen LogP contribution in [0, 0.1) is 0 Å². The SMILES string of the molecule is C=C(CBr)c1cccc(OC)c1. The van der Waals surface area contributed by atoms with E-state index in [4.69, 9.17) is 4.74 Å². The van der Waals surface area contributed by atoms with Crippen LogP contribution in [-0.4, -0.2) is 12.4 Å². The minimum atomic E-state index is 0.792. The van der Waals surface area contributed by atoms with E-state index in [1.165, 1.54) is 0 Å². The van der Waals surface area contributed by atoms with Crippen LogP contribution < -0.4 is 4.74 Å². The van der Waals surface area contributed by atoms with E-state index in [1.807, 2.05) is 24.3 Å². The molecule has 0 aromatic heterocycles. The molecule has 0 bridgehead atoms. The zero-order valence-electron chi connectivity index (χ0n) is 7.01. The van der Waals surface area contributed by atoms with Crippen LogP contribution in [0.3, 0.4) is 0 Å². The summed E-state index contributed by atoms with van der Waals surface area (Å²) < 4.78 is 5.09. The summed E-state index contributed by atoms with van der Waals surface area (Å²) in [4.78, 5) is 0. The Labute approximate surface area is 81.2 Å². The molecular formula is C10H11BrO. The lowest BCUT2D eigenvalue weighted by molar-refractivity contribution is 0.414. The topological polar surface area (TPSA) is 9.23 Å². The van der Waals surface area contributed by atoms with Crippen LogP contribution >= 0.6 is 15.9 Å². The number of ether oxygens (including phenoxy) is 1. The standard InChI is InChI=1S/C10H11BrO/c1-8(7-11)9-4-3-5-10(6-9)12-2/h3-6H,1,7H2,2H3. The molecule has 0 fully saturated rings. The van der Waals surface area contributed by atoms with Crippen LogP contribution in [0.2, 0.25) is 0 Å². The van der Waals surface area contributed by atoms with Gasteiger partial charge in [-0.1, -0.05) is 34.6 Å². The summed E-state index contributed by atoms with van der Waals surface area (Å²) in [6.45, 7) is 3.92. The van der Waals surface area contributed by atoms with Crippen LogP contribution in [-0.2, 0) is 0 Å². The number of benzene rings is 1. The number of hydrogen-bond donors (Lipinski definition) is 0. The van der Waals surface area contributed by atoms with Gasteiger partial charge in [-0.15, -0.1) is 0 Å². The zero-order valence-corrected chi connectivity index (χ0v) is 8.60. The first-order valence-electron chi connectivity index (χ1n) is 3.66. The van der Waals surface area contributed by atoms with E-state index < -0.39 is 0 Å². The highest BCUT2D eigenvalue weighted by molar-refractivity contribution is 9.09. The van der Waals surface area contributed by atoms with E-state index in [2.05, 4.69) is 22.5 Å². The lowest BCUT2D eigenvalue weighted by atomic mass is 10.1. The fraction of sp³-hybridized carbons (Fsp3) is 0.200. The molecule has 1 aromatic rings. The third kappa shape index (κ3) is 2.11. The molecule has 0 unspecified atom stereocenters. The van der Waals surface area contributed by atoms with Gasteiger partial charge in [-0.05, 0) is 23.3 Å². The largest absolute Gasteiger partial charge is 0.497 e. The smallest absolute Gasteiger partial charge is 0.119 e. The number of methoxy groups -OCH3 is 1. The normalized spacial score (nSPS) is 9.50. The van der Waals surface area contributed by atoms with Gasteiger partial charge in [0.2, 0.25) is 0 Å². The van der Waals surface area contributed by atoms with Gasteiger partial charge < -0.3 is 4.74 Å². The summed E-state index contributed by atoms with van der Waals surface area (Å²) in [5, 5.41) is 0.792. The molecule has 0 radical (unpaired) electrons. The molecule has 0 N–H and O–H groups in total. The molecule has 2 heteroatoms. The highest BCUT2D eigenvalue weighted by Gasteiger charge is 1.97. The Morgan fingerprint density at radius 2 is 2.33 bits per heavy atom. The molecule has 0 amide bonds. The van der Waals surface area contributed by atoms with Crippen LogP contribution in [0.25, 0.3) is 5.57 Å². The van der Waals surface area contributed by atoms with Gasteiger partial charge in [0.1, 0.15) is 5.75 Å². The number of halogens is 1. The molecule has 0 atom stereocenters. The van der Waals surface area contributed by atoms with E-state index in [9.17, 15) is 0 Å². The van der Waals surface area contributed by atoms with Gasteiger partial charge in [0.15, 0.2) is 0 Å². The molecule has 0 aliphatic rings. The Hall–Kier alpha value is -0.760. The third-order valence-electron chi connectivity index (χ3n) is 1.64. The summed E-state index contributed by atoms with van der Waals surface area (Å²) in [6.07, 6.45) is 0. The minimum absolute atomic E-state index is 0.792. The number of alkyl halides is 1. The second kappa shape index (κ2) is 4.31. The van der Waals surface area contributed by atoms with Gasteiger partial charge in [-0.3, -0.25) is 0 Å². The molecule has 1 rings (SSSR count). The van der Waals surface area contributed by atoms with Crippen molar-refractivity contribution < 1.29 is 4.74 Å². The van der Waals surface area contributed by atoms with Gasteiger partial charge in [0.05, 0.1) is 7.11 Å². The van der Waals surface area contributed by atoms with Crippen molar-refractivity contribution in [1.82, 2.24) is 0 Å². The maximum atomic E-state index is 5.09. The molecule has 0 saturated heterocycles. The Balaban J connectivity index is 2.93. The lowest BCUT2D eigenvalue weighted by Crippen LogP contribution is -1.86. The molecule has 1 aromatic carbocycles. The minimum Gasteiger partial charge on any atom is -0.497 e. The monoisotopic (exact) mass is 226 g/mol. The quantitative estimate of drug-likeness (QED) is 0.721. The van der Waals surface area contributed by atoms with Crippen molar-refractivity contribution in [3.8, 4) is 5.75 Å². The summed E-state index contributed by atoms with van der Waals surface area (Å²) in [6, 6.07) is 7.88. The molecule has 0 heterocycles. The molecule has 12 heavy (non-hydrogen) atoms. The van der Waals surface area contributed by atoms with Crippen LogP contribution in [0.1, 0.15) is 5.56 Å². The number of rotatable bonds is 3. The fourth-order valence-electron chi connectivity index (χ4n) is 0.920. The Kier molecular flexibility index (Phi) is 3.35. The molecule has 64 valence electrons. The first kappa shape index (κ1) is 9.33. The highest BCUT2D eigenvalue weighted by atomic mass is 79.9. The third-order valence-corrected chi connectivity index (χ3v) is 2.32. The molecular weight excluding hydrogens is 216 g/mol. The van der Waals surface area contributed by atoms with Gasteiger partial charge in [0.25, 0.3) is 0 Å². The first-order chi connectivity index (χ1) is 5.77. The first-order valence-corrected chi connectivity index (χ1v) is 4.78. The predicted octanol–water partition coefficient (Wildman–Crippen LogP) is 3.10. The molecule has 0 spiro atoms.